The van der Waals surface area contributed by atoms with Crippen LogP contribution in [0.1, 0.15) is 28.8 Å². The number of carbonyl (C=O) groups excluding carboxylic acids is 1. The number of rotatable bonds is 6. The zero-order chi connectivity index (χ0) is 13.7. The Labute approximate surface area is 114 Å². The van der Waals surface area contributed by atoms with Gasteiger partial charge in [0.1, 0.15) is 5.75 Å². The number of Topliss-reactive ketones (excluding diaryl/α,β-unsaturated/α-hetero) is 1. The van der Waals surface area contributed by atoms with E-state index in [2.05, 4.69) is 10.2 Å². The lowest BCUT2D eigenvalue weighted by Crippen LogP contribution is -2.21. The van der Waals surface area contributed by atoms with Crippen molar-refractivity contribution in [2.75, 3.05) is 33.8 Å². The molecule has 2 rings (SSSR count). The predicted octanol–water partition coefficient (Wildman–Crippen LogP) is 1.69. The van der Waals surface area contributed by atoms with Crippen LogP contribution in [-0.2, 0) is 6.54 Å². The van der Waals surface area contributed by atoms with Crippen molar-refractivity contribution in [1.29, 1.82) is 0 Å². The van der Waals surface area contributed by atoms with Crippen molar-refractivity contribution < 1.29 is 9.53 Å². The van der Waals surface area contributed by atoms with Crippen LogP contribution in [0.3, 0.4) is 0 Å². The van der Waals surface area contributed by atoms with E-state index in [0.29, 0.717) is 6.54 Å². The fraction of sp³-hybridized carbons (Fsp3) is 0.533. The predicted molar refractivity (Wildman–Crippen MR) is 75.8 cm³/mol. The first-order chi connectivity index (χ1) is 9.24. The molecule has 1 saturated heterocycles. The van der Waals surface area contributed by atoms with Gasteiger partial charge in [0.05, 0.1) is 13.7 Å². The molecule has 1 aliphatic rings. The molecule has 0 radical (unpaired) electrons. The molecule has 0 atom stereocenters. The van der Waals surface area contributed by atoms with Crippen LogP contribution >= 0.6 is 0 Å². The van der Waals surface area contributed by atoms with Crippen LogP contribution in [0.2, 0.25) is 0 Å². The summed E-state index contributed by atoms with van der Waals surface area (Å²) in [5.74, 6) is 0.987. The molecule has 1 aromatic carbocycles. The number of methoxy groups -OCH3 is 1. The minimum absolute atomic E-state index is 0.118. The average molecular weight is 262 g/mol. The van der Waals surface area contributed by atoms with Crippen molar-refractivity contribution in [3.05, 3.63) is 29.3 Å². The third-order valence-electron chi connectivity index (χ3n) is 3.53. The molecule has 0 saturated carbocycles. The van der Waals surface area contributed by atoms with E-state index < -0.39 is 0 Å². The summed E-state index contributed by atoms with van der Waals surface area (Å²) in [4.78, 5) is 14.3. The Hall–Kier alpha value is -1.39. The van der Waals surface area contributed by atoms with Gasteiger partial charge in [0.25, 0.3) is 0 Å². The van der Waals surface area contributed by atoms with Gasteiger partial charge in [-0.15, -0.1) is 0 Å². The molecular formula is C15H22N2O2. The van der Waals surface area contributed by atoms with E-state index in [1.54, 1.807) is 14.2 Å². The smallest absolute Gasteiger partial charge is 0.176 e. The van der Waals surface area contributed by atoms with Gasteiger partial charge in [-0.25, -0.2) is 0 Å². The highest BCUT2D eigenvalue weighted by Crippen LogP contribution is 2.23. The van der Waals surface area contributed by atoms with E-state index in [1.165, 1.54) is 12.8 Å². The Kier molecular flexibility index (Phi) is 4.93. The van der Waals surface area contributed by atoms with Crippen LogP contribution in [0.25, 0.3) is 0 Å². The highest BCUT2D eigenvalue weighted by molar-refractivity contribution is 5.97. The molecule has 0 aromatic heterocycles. The van der Waals surface area contributed by atoms with Crippen molar-refractivity contribution in [3.63, 3.8) is 0 Å². The summed E-state index contributed by atoms with van der Waals surface area (Å²) >= 11 is 0. The van der Waals surface area contributed by atoms with Crippen LogP contribution in [0.5, 0.6) is 5.75 Å². The Balaban J connectivity index is 2.17. The van der Waals surface area contributed by atoms with Crippen molar-refractivity contribution in [2.24, 2.45) is 0 Å². The quantitative estimate of drug-likeness (QED) is 0.792. The zero-order valence-electron chi connectivity index (χ0n) is 11.7. The van der Waals surface area contributed by atoms with Crippen LogP contribution in [0.4, 0.5) is 0 Å². The molecule has 0 unspecified atom stereocenters. The summed E-state index contributed by atoms with van der Waals surface area (Å²) in [6.45, 7) is 3.51. The first-order valence-electron chi connectivity index (χ1n) is 6.81. The normalized spacial score (nSPS) is 15.7. The van der Waals surface area contributed by atoms with Gasteiger partial charge < -0.3 is 10.1 Å². The molecule has 1 fully saturated rings. The fourth-order valence-electron chi connectivity index (χ4n) is 2.52. The molecule has 4 nitrogen and oxygen atoms in total. The van der Waals surface area contributed by atoms with Crippen LogP contribution in [0.15, 0.2) is 18.2 Å². The summed E-state index contributed by atoms with van der Waals surface area (Å²) in [5, 5.41) is 2.90. The van der Waals surface area contributed by atoms with E-state index in [1.807, 2.05) is 18.2 Å². The van der Waals surface area contributed by atoms with E-state index in [4.69, 9.17) is 4.74 Å². The highest BCUT2D eigenvalue weighted by atomic mass is 16.5. The summed E-state index contributed by atoms with van der Waals surface area (Å²) in [6, 6.07) is 5.71. The molecule has 0 bridgehead atoms. The lowest BCUT2D eigenvalue weighted by atomic mass is 10.1. The molecule has 0 spiro atoms. The molecule has 0 aliphatic carbocycles. The van der Waals surface area contributed by atoms with E-state index in [-0.39, 0.29) is 5.78 Å². The molecule has 4 heteroatoms. The monoisotopic (exact) mass is 262 g/mol. The number of ketones is 1. The van der Waals surface area contributed by atoms with E-state index in [0.717, 1.165) is 36.5 Å². The first-order valence-corrected chi connectivity index (χ1v) is 6.81. The van der Waals surface area contributed by atoms with E-state index in [9.17, 15) is 4.79 Å². The first kappa shape index (κ1) is 14.0. The number of likely N-dealkylation sites (N-methyl/N-ethyl adjacent to an activating group) is 1. The number of hydrogen-bond donors (Lipinski definition) is 1. The van der Waals surface area contributed by atoms with Crippen LogP contribution in [-0.4, -0.2) is 44.5 Å². The third-order valence-corrected chi connectivity index (χ3v) is 3.53. The second-order valence-electron chi connectivity index (χ2n) is 4.96. The van der Waals surface area contributed by atoms with Gasteiger partial charge in [0.2, 0.25) is 0 Å². The molecule has 104 valence electrons. The maximum atomic E-state index is 11.9. The van der Waals surface area contributed by atoms with Gasteiger partial charge in [0, 0.05) is 17.7 Å². The molecule has 1 heterocycles. The van der Waals surface area contributed by atoms with Gasteiger partial charge in [-0.05, 0) is 51.2 Å². The second-order valence-corrected chi connectivity index (χ2v) is 4.96. The fourth-order valence-corrected chi connectivity index (χ4v) is 2.52. The lowest BCUT2D eigenvalue weighted by molar-refractivity contribution is 0.0993. The summed E-state index contributed by atoms with van der Waals surface area (Å²) in [6.07, 6.45) is 2.53. The van der Waals surface area contributed by atoms with Gasteiger partial charge >= 0.3 is 0 Å². The summed E-state index contributed by atoms with van der Waals surface area (Å²) in [7, 11) is 3.46. The number of nitrogens with one attached hydrogen (secondary N) is 1. The molecule has 1 aromatic rings. The Morgan fingerprint density at radius 3 is 2.74 bits per heavy atom. The van der Waals surface area contributed by atoms with Crippen LogP contribution in [0, 0.1) is 0 Å². The number of ether oxygens (including phenoxy) is 1. The van der Waals surface area contributed by atoms with E-state index >= 15 is 0 Å². The molecule has 1 aliphatic heterocycles. The Morgan fingerprint density at radius 1 is 1.37 bits per heavy atom. The van der Waals surface area contributed by atoms with Crippen LogP contribution < -0.4 is 10.1 Å². The minimum Gasteiger partial charge on any atom is -0.496 e. The number of hydrogen-bond acceptors (Lipinski definition) is 4. The summed E-state index contributed by atoms with van der Waals surface area (Å²) in [5.41, 5.74) is 1.86. The number of nitrogens with zero attached hydrogens (tertiary/aromatic N) is 1. The van der Waals surface area contributed by atoms with Crippen molar-refractivity contribution in [2.45, 2.75) is 19.4 Å². The van der Waals surface area contributed by atoms with Gasteiger partial charge in [-0.2, -0.15) is 0 Å². The van der Waals surface area contributed by atoms with Gasteiger partial charge in [-0.3, -0.25) is 9.69 Å². The van der Waals surface area contributed by atoms with Crippen molar-refractivity contribution in [3.8, 4) is 5.75 Å². The van der Waals surface area contributed by atoms with Gasteiger partial charge in [-0.1, -0.05) is 0 Å². The molecule has 1 N–H and O–H groups in total. The highest BCUT2D eigenvalue weighted by Gasteiger charge is 2.15. The molecule has 19 heavy (non-hydrogen) atoms. The number of carbonyl (C=O) groups is 1. The SMILES string of the molecule is CNCC(=O)c1ccc(OC)c(CN2CCCC2)c1. The minimum atomic E-state index is 0.118. The van der Waals surface area contributed by atoms with Crippen molar-refractivity contribution in [1.82, 2.24) is 10.2 Å². The lowest BCUT2D eigenvalue weighted by Gasteiger charge is -2.17. The van der Waals surface area contributed by atoms with Gasteiger partial charge in [0.15, 0.2) is 5.78 Å². The average Bonchev–Trinajstić information content (AvgIpc) is 2.92. The molecule has 0 amide bonds. The second kappa shape index (κ2) is 6.68. The topological polar surface area (TPSA) is 41.6 Å². The molecular weight excluding hydrogens is 240 g/mol. The standard InChI is InChI=1S/C15H22N2O2/c1-16-10-14(18)12-5-6-15(19-2)13(9-12)11-17-7-3-4-8-17/h5-6,9,16H,3-4,7-8,10-11H2,1-2H3. The Morgan fingerprint density at radius 2 is 2.11 bits per heavy atom. The number of benzene rings is 1. The number of likely N-dealkylation sites (tertiary alicyclic amines) is 1. The largest absolute Gasteiger partial charge is 0.496 e. The maximum Gasteiger partial charge on any atom is 0.176 e. The third kappa shape index (κ3) is 3.55. The zero-order valence-corrected chi connectivity index (χ0v) is 11.7. The Bertz CT molecular complexity index is 440. The van der Waals surface area contributed by atoms with Crippen molar-refractivity contribution >= 4 is 5.78 Å². The maximum absolute atomic E-state index is 11.9. The summed E-state index contributed by atoms with van der Waals surface area (Å²) < 4.78 is 5.40.